The van der Waals surface area contributed by atoms with Crippen LogP contribution in [0.5, 0.6) is 0 Å². The van der Waals surface area contributed by atoms with E-state index in [2.05, 4.69) is 59.6 Å². The molecule has 1 heterocycles. The molecule has 0 fully saturated rings. The van der Waals surface area contributed by atoms with Crippen molar-refractivity contribution in [1.29, 1.82) is 0 Å². The fraction of sp³-hybridized carbons (Fsp3) is 0.435. The van der Waals surface area contributed by atoms with Gasteiger partial charge in [-0.1, -0.05) is 44.6 Å². The van der Waals surface area contributed by atoms with Gasteiger partial charge in [-0.2, -0.15) is 0 Å². The second kappa shape index (κ2) is 9.00. The molecule has 148 valence electrons. The minimum absolute atomic E-state index is 0.126. The van der Waals surface area contributed by atoms with Gasteiger partial charge >= 0.3 is 0 Å². The number of hydrogen-bond donors (Lipinski definition) is 2. The molecule has 0 radical (unpaired) electrons. The number of nitrogens with zero attached hydrogens (tertiary/aromatic N) is 2. The number of carbonyl (C=O) groups excluding carboxylic acids is 1. The highest BCUT2D eigenvalue weighted by atomic mass is 16.1. The Morgan fingerprint density at radius 3 is 2.46 bits per heavy atom. The van der Waals surface area contributed by atoms with Gasteiger partial charge in [-0.3, -0.25) is 4.79 Å². The molecule has 1 aromatic carbocycles. The third kappa shape index (κ3) is 5.65. The molecule has 2 aromatic rings. The molecule has 0 saturated heterocycles. The number of rotatable bonds is 6. The highest BCUT2D eigenvalue weighted by Gasteiger charge is 2.13. The molecule has 3 rings (SSSR count). The van der Waals surface area contributed by atoms with Gasteiger partial charge in [0, 0.05) is 12.2 Å². The van der Waals surface area contributed by atoms with Crippen LogP contribution < -0.4 is 10.6 Å². The zero-order valence-electron chi connectivity index (χ0n) is 17.1. The number of nitrogens with one attached hydrogen (secondary N) is 2. The number of allylic oxidation sites excluding steroid dienone is 1. The minimum atomic E-state index is -0.176. The molecule has 28 heavy (non-hydrogen) atoms. The summed E-state index contributed by atoms with van der Waals surface area (Å²) in [5, 5.41) is 6.16. The highest BCUT2D eigenvalue weighted by Crippen LogP contribution is 2.24. The lowest BCUT2D eigenvalue weighted by molar-refractivity contribution is 0.0948. The molecular weight excluding hydrogens is 348 g/mol. The number of carbonyl (C=O) groups is 1. The first-order valence-electron chi connectivity index (χ1n) is 10.1. The van der Waals surface area contributed by atoms with Crippen molar-refractivity contribution in [2.24, 2.45) is 0 Å². The predicted octanol–water partition coefficient (Wildman–Crippen LogP) is 5.14. The third-order valence-electron chi connectivity index (χ3n) is 5.02. The molecule has 0 saturated carbocycles. The number of aromatic nitrogens is 2. The quantitative estimate of drug-likeness (QED) is 0.683. The second-order valence-electron chi connectivity index (χ2n) is 8.35. The van der Waals surface area contributed by atoms with Gasteiger partial charge in [0.15, 0.2) is 0 Å². The maximum atomic E-state index is 12.2. The summed E-state index contributed by atoms with van der Waals surface area (Å²) >= 11 is 0. The summed E-state index contributed by atoms with van der Waals surface area (Å²) in [5.41, 5.74) is 4.14. The van der Waals surface area contributed by atoms with Gasteiger partial charge in [0.25, 0.3) is 5.91 Å². The number of benzene rings is 1. The molecule has 5 heteroatoms. The van der Waals surface area contributed by atoms with Crippen molar-refractivity contribution in [2.45, 2.75) is 58.3 Å². The molecule has 1 aromatic heterocycles. The van der Waals surface area contributed by atoms with Crippen LogP contribution >= 0.6 is 0 Å². The van der Waals surface area contributed by atoms with E-state index in [0.29, 0.717) is 18.1 Å². The summed E-state index contributed by atoms with van der Waals surface area (Å²) in [7, 11) is 0. The predicted molar refractivity (Wildman–Crippen MR) is 114 cm³/mol. The van der Waals surface area contributed by atoms with Crippen LogP contribution in [0.1, 0.15) is 68.9 Å². The molecule has 2 N–H and O–H groups in total. The lowest BCUT2D eigenvalue weighted by Gasteiger charge is -2.19. The molecule has 0 bridgehead atoms. The zero-order chi connectivity index (χ0) is 20.0. The van der Waals surface area contributed by atoms with Crippen molar-refractivity contribution in [2.75, 3.05) is 11.9 Å². The zero-order valence-corrected chi connectivity index (χ0v) is 17.1. The standard InChI is InChI=1S/C23H30N4O/c1-23(2,3)18-9-11-19(12-10-18)27-21-16-25-20(15-26-21)22(28)24-14-13-17-7-5-4-6-8-17/h7,9-12,15-16H,4-6,8,13-14H2,1-3H3,(H,24,28)(H,26,27). The normalized spacial score (nSPS) is 14.3. The van der Waals surface area contributed by atoms with E-state index in [1.54, 1.807) is 6.20 Å². The van der Waals surface area contributed by atoms with Crippen LogP contribution in [0, 0.1) is 0 Å². The average molecular weight is 379 g/mol. The van der Waals surface area contributed by atoms with Crippen molar-refractivity contribution in [3.8, 4) is 0 Å². The van der Waals surface area contributed by atoms with E-state index in [-0.39, 0.29) is 11.3 Å². The van der Waals surface area contributed by atoms with Crippen LogP contribution in [-0.4, -0.2) is 22.4 Å². The summed E-state index contributed by atoms with van der Waals surface area (Å²) in [4.78, 5) is 20.8. The fourth-order valence-electron chi connectivity index (χ4n) is 3.27. The van der Waals surface area contributed by atoms with Crippen LogP contribution in [0.3, 0.4) is 0 Å². The van der Waals surface area contributed by atoms with Crippen molar-refractivity contribution in [3.63, 3.8) is 0 Å². The third-order valence-corrected chi connectivity index (χ3v) is 5.02. The average Bonchev–Trinajstić information content (AvgIpc) is 2.69. The molecule has 5 nitrogen and oxygen atoms in total. The molecule has 0 unspecified atom stereocenters. The van der Waals surface area contributed by atoms with Crippen LogP contribution in [0.2, 0.25) is 0 Å². The van der Waals surface area contributed by atoms with Gasteiger partial charge in [-0.15, -0.1) is 0 Å². The SMILES string of the molecule is CC(C)(C)c1ccc(Nc2cnc(C(=O)NCCC3=CCCCC3)cn2)cc1. The Morgan fingerprint density at radius 1 is 1.07 bits per heavy atom. The molecule has 0 aliphatic heterocycles. The fourth-order valence-corrected chi connectivity index (χ4v) is 3.27. The number of anilines is 2. The van der Waals surface area contributed by atoms with E-state index < -0.39 is 0 Å². The van der Waals surface area contributed by atoms with E-state index in [1.807, 2.05) is 12.1 Å². The lowest BCUT2D eigenvalue weighted by Crippen LogP contribution is -2.26. The summed E-state index contributed by atoms with van der Waals surface area (Å²) in [6.45, 7) is 7.22. The van der Waals surface area contributed by atoms with Crippen LogP contribution in [-0.2, 0) is 5.41 Å². The minimum Gasteiger partial charge on any atom is -0.350 e. The second-order valence-corrected chi connectivity index (χ2v) is 8.35. The number of hydrogen-bond acceptors (Lipinski definition) is 4. The van der Waals surface area contributed by atoms with Gasteiger partial charge in [0.1, 0.15) is 11.5 Å². The molecular formula is C23H30N4O. The van der Waals surface area contributed by atoms with E-state index in [1.165, 1.54) is 36.6 Å². The van der Waals surface area contributed by atoms with Crippen LogP contribution in [0.25, 0.3) is 0 Å². The monoisotopic (exact) mass is 378 g/mol. The Hall–Kier alpha value is -2.69. The van der Waals surface area contributed by atoms with Gasteiger partial charge in [0.05, 0.1) is 12.4 Å². The molecule has 0 atom stereocenters. The Labute approximate surface area is 167 Å². The van der Waals surface area contributed by atoms with Crippen molar-refractivity contribution in [3.05, 3.63) is 59.6 Å². The Kier molecular flexibility index (Phi) is 6.45. The van der Waals surface area contributed by atoms with Crippen molar-refractivity contribution in [1.82, 2.24) is 15.3 Å². The van der Waals surface area contributed by atoms with E-state index in [0.717, 1.165) is 18.5 Å². The summed E-state index contributed by atoms with van der Waals surface area (Å²) < 4.78 is 0. The molecule has 0 spiro atoms. The first-order valence-corrected chi connectivity index (χ1v) is 10.1. The topological polar surface area (TPSA) is 66.9 Å². The molecule has 1 amide bonds. The molecule has 1 aliphatic carbocycles. The van der Waals surface area contributed by atoms with Crippen molar-refractivity contribution < 1.29 is 4.79 Å². The van der Waals surface area contributed by atoms with Gasteiger partial charge in [-0.05, 0) is 55.2 Å². The summed E-state index contributed by atoms with van der Waals surface area (Å²) in [6.07, 6.45) is 11.2. The largest absolute Gasteiger partial charge is 0.350 e. The van der Waals surface area contributed by atoms with Crippen LogP contribution in [0.15, 0.2) is 48.3 Å². The Bertz CT molecular complexity index is 817. The first-order chi connectivity index (χ1) is 13.4. The summed E-state index contributed by atoms with van der Waals surface area (Å²) in [5.74, 6) is 0.442. The van der Waals surface area contributed by atoms with Gasteiger partial charge in [0.2, 0.25) is 0 Å². The highest BCUT2D eigenvalue weighted by molar-refractivity contribution is 5.92. The van der Waals surface area contributed by atoms with Crippen molar-refractivity contribution >= 4 is 17.4 Å². The maximum Gasteiger partial charge on any atom is 0.271 e. The Balaban J connectivity index is 1.51. The molecule has 1 aliphatic rings. The Morgan fingerprint density at radius 2 is 1.86 bits per heavy atom. The summed E-state index contributed by atoms with van der Waals surface area (Å²) in [6, 6.07) is 8.28. The van der Waals surface area contributed by atoms with E-state index >= 15 is 0 Å². The smallest absolute Gasteiger partial charge is 0.271 e. The van der Waals surface area contributed by atoms with Crippen LogP contribution in [0.4, 0.5) is 11.5 Å². The van der Waals surface area contributed by atoms with Gasteiger partial charge < -0.3 is 10.6 Å². The maximum absolute atomic E-state index is 12.2. The van der Waals surface area contributed by atoms with E-state index in [4.69, 9.17) is 0 Å². The lowest BCUT2D eigenvalue weighted by atomic mass is 9.87. The first kappa shape index (κ1) is 20.1. The number of amides is 1. The van der Waals surface area contributed by atoms with E-state index in [9.17, 15) is 4.79 Å². The van der Waals surface area contributed by atoms with Gasteiger partial charge in [-0.25, -0.2) is 9.97 Å².